The standard InChI is InChI=1S/C11H17N3/c1-11(2,3)10-8-6-12-5-4-9(8)13-7-14-10/h7,12H,4-6H2,1-3H3. The number of nitrogens with zero attached hydrogens (tertiary/aromatic N) is 2. The van der Waals surface area contributed by atoms with E-state index < -0.39 is 0 Å². The van der Waals surface area contributed by atoms with Crippen molar-refractivity contribution in [3.63, 3.8) is 0 Å². The average Bonchev–Trinajstić information content (AvgIpc) is 2.15. The molecule has 76 valence electrons. The minimum absolute atomic E-state index is 0.117. The Morgan fingerprint density at radius 2 is 2.07 bits per heavy atom. The minimum atomic E-state index is 0.117. The molecule has 1 aromatic rings. The molecule has 2 heterocycles. The number of fused-ring (bicyclic) bond motifs is 1. The summed E-state index contributed by atoms with van der Waals surface area (Å²) in [5.74, 6) is 0. The average molecular weight is 191 g/mol. The largest absolute Gasteiger partial charge is 0.312 e. The van der Waals surface area contributed by atoms with Gasteiger partial charge in [0.15, 0.2) is 0 Å². The lowest BCUT2D eigenvalue weighted by molar-refractivity contribution is 0.532. The molecular formula is C11H17N3. The molecule has 14 heavy (non-hydrogen) atoms. The summed E-state index contributed by atoms with van der Waals surface area (Å²) in [5, 5.41) is 3.37. The maximum atomic E-state index is 4.41. The predicted octanol–water partition coefficient (Wildman–Crippen LogP) is 1.42. The third kappa shape index (κ3) is 1.64. The maximum absolute atomic E-state index is 4.41. The minimum Gasteiger partial charge on any atom is -0.312 e. The van der Waals surface area contributed by atoms with Crippen LogP contribution < -0.4 is 5.32 Å². The highest BCUT2D eigenvalue weighted by molar-refractivity contribution is 5.31. The Bertz CT molecular complexity index is 339. The third-order valence-electron chi connectivity index (χ3n) is 2.59. The van der Waals surface area contributed by atoms with E-state index in [4.69, 9.17) is 0 Å². The topological polar surface area (TPSA) is 37.8 Å². The summed E-state index contributed by atoms with van der Waals surface area (Å²) < 4.78 is 0. The Kier molecular flexibility index (Phi) is 2.27. The van der Waals surface area contributed by atoms with Gasteiger partial charge in [0.05, 0.1) is 5.69 Å². The molecule has 0 aromatic carbocycles. The molecule has 1 aliphatic rings. The molecule has 0 aliphatic carbocycles. The fourth-order valence-corrected chi connectivity index (χ4v) is 1.92. The van der Waals surface area contributed by atoms with E-state index in [-0.39, 0.29) is 5.41 Å². The molecule has 0 unspecified atom stereocenters. The molecule has 0 amide bonds. The summed E-state index contributed by atoms with van der Waals surface area (Å²) in [4.78, 5) is 8.75. The fourth-order valence-electron chi connectivity index (χ4n) is 1.92. The van der Waals surface area contributed by atoms with Crippen molar-refractivity contribution < 1.29 is 0 Å². The van der Waals surface area contributed by atoms with Crippen molar-refractivity contribution >= 4 is 0 Å². The van der Waals surface area contributed by atoms with Crippen molar-refractivity contribution in [2.24, 2.45) is 0 Å². The van der Waals surface area contributed by atoms with Gasteiger partial charge in [-0.05, 0) is 0 Å². The van der Waals surface area contributed by atoms with Gasteiger partial charge in [-0.3, -0.25) is 0 Å². The van der Waals surface area contributed by atoms with Gasteiger partial charge >= 0.3 is 0 Å². The van der Waals surface area contributed by atoms with Crippen LogP contribution in [0.15, 0.2) is 6.33 Å². The highest BCUT2D eigenvalue weighted by Crippen LogP contribution is 2.26. The Morgan fingerprint density at radius 3 is 2.79 bits per heavy atom. The lowest BCUT2D eigenvalue weighted by atomic mass is 9.87. The number of hydrogen-bond donors (Lipinski definition) is 1. The molecule has 3 heteroatoms. The Labute approximate surface area is 85.0 Å². The van der Waals surface area contributed by atoms with Crippen molar-refractivity contribution in [1.29, 1.82) is 0 Å². The molecule has 0 fully saturated rings. The zero-order chi connectivity index (χ0) is 10.2. The van der Waals surface area contributed by atoms with E-state index in [2.05, 4.69) is 36.1 Å². The molecule has 0 spiro atoms. The molecule has 3 nitrogen and oxygen atoms in total. The van der Waals surface area contributed by atoms with Crippen LogP contribution in [-0.2, 0) is 18.4 Å². The quantitative estimate of drug-likeness (QED) is 0.674. The van der Waals surface area contributed by atoms with Crippen molar-refractivity contribution in [1.82, 2.24) is 15.3 Å². The van der Waals surface area contributed by atoms with Gasteiger partial charge in [0.25, 0.3) is 0 Å². The Hall–Kier alpha value is -0.960. The SMILES string of the molecule is CC(C)(C)c1ncnc2c1CNCC2. The fraction of sp³-hybridized carbons (Fsp3) is 0.636. The van der Waals surface area contributed by atoms with Crippen LogP contribution in [0.4, 0.5) is 0 Å². The van der Waals surface area contributed by atoms with Crippen LogP contribution in [0.2, 0.25) is 0 Å². The predicted molar refractivity (Wildman–Crippen MR) is 56.1 cm³/mol. The van der Waals surface area contributed by atoms with E-state index >= 15 is 0 Å². The zero-order valence-corrected chi connectivity index (χ0v) is 9.09. The molecule has 0 radical (unpaired) electrons. The van der Waals surface area contributed by atoms with E-state index in [0.29, 0.717) is 0 Å². The molecule has 1 N–H and O–H groups in total. The van der Waals surface area contributed by atoms with Gasteiger partial charge in [-0.1, -0.05) is 20.8 Å². The summed E-state index contributed by atoms with van der Waals surface area (Å²) in [7, 11) is 0. The number of hydrogen-bond acceptors (Lipinski definition) is 3. The smallest absolute Gasteiger partial charge is 0.115 e. The van der Waals surface area contributed by atoms with Crippen molar-refractivity contribution in [2.75, 3.05) is 6.54 Å². The van der Waals surface area contributed by atoms with Gasteiger partial charge in [0, 0.05) is 36.2 Å². The summed E-state index contributed by atoms with van der Waals surface area (Å²) in [6.45, 7) is 8.55. The molecule has 0 bridgehead atoms. The third-order valence-corrected chi connectivity index (χ3v) is 2.59. The molecule has 2 rings (SSSR count). The van der Waals surface area contributed by atoms with Gasteiger partial charge in [-0.15, -0.1) is 0 Å². The molecule has 0 saturated heterocycles. The highest BCUT2D eigenvalue weighted by Gasteiger charge is 2.23. The first-order valence-electron chi connectivity index (χ1n) is 5.13. The molecule has 1 aromatic heterocycles. The van der Waals surface area contributed by atoms with E-state index in [9.17, 15) is 0 Å². The Balaban J connectivity index is 2.51. The first-order chi connectivity index (χ1) is 6.59. The highest BCUT2D eigenvalue weighted by atomic mass is 14.9. The second-order valence-electron chi connectivity index (χ2n) is 4.82. The van der Waals surface area contributed by atoms with Crippen LogP contribution in [0.3, 0.4) is 0 Å². The summed E-state index contributed by atoms with van der Waals surface area (Å²) in [5.41, 5.74) is 3.84. The summed E-state index contributed by atoms with van der Waals surface area (Å²) in [6.07, 6.45) is 2.73. The van der Waals surface area contributed by atoms with Gasteiger partial charge in [0.2, 0.25) is 0 Å². The van der Waals surface area contributed by atoms with Gasteiger partial charge in [-0.25, -0.2) is 9.97 Å². The van der Waals surface area contributed by atoms with E-state index in [1.54, 1.807) is 6.33 Å². The van der Waals surface area contributed by atoms with Gasteiger partial charge in [-0.2, -0.15) is 0 Å². The second kappa shape index (κ2) is 3.31. The van der Waals surface area contributed by atoms with E-state index in [0.717, 1.165) is 19.5 Å². The van der Waals surface area contributed by atoms with Gasteiger partial charge in [0.1, 0.15) is 6.33 Å². The molecule has 0 saturated carbocycles. The van der Waals surface area contributed by atoms with Crippen LogP contribution in [0.5, 0.6) is 0 Å². The van der Waals surface area contributed by atoms with Crippen molar-refractivity contribution in [2.45, 2.75) is 39.2 Å². The number of nitrogens with one attached hydrogen (secondary N) is 1. The first kappa shape index (κ1) is 9.59. The lowest BCUT2D eigenvalue weighted by Crippen LogP contribution is -2.29. The number of aromatic nitrogens is 2. The summed E-state index contributed by atoms with van der Waals surface area (Å²) in [6, 6.07) is 0. The second-order valence-corrected chi connectivity index (χ2v) is 4.82. The van der Waals surface area contributed by atoms with Crippen LogP contribution in [-0.4, -0.2) is 16.5 Å². The van der Waals surface area contributed by atoms with Crippen molar-refractivity contribution in [3.05, 3.63) is 23.3 Å². The monoisotopic (exact) mass is 191 g/mol. The molecule has 0 atom stereocenters. The zero-order valence-electron chi connectivity index (χ0n) is 9.09. The normalized spacial score (nSPS) is 16.5. The maximum Gasteiger partial charge on any atom is 0.115 e. The van der Waals surface area contributed by atoms with E-state index in [1.165, 1.54) is 17.0 Å². The first-order valence-corrected chi connectivity index (χ1v) is 5.13. The van der Waals surface area contributed by atoms with E-state index in [1.807, 2.05) is 0 Å². The lowest BCUT2D eigenvalue weighted by Gasteiger charge is -2.25. The number of rotatable bonds is 0. The van der Waals surface area contributed by atoms with Crippen LogP contribution >= 0.6 is 0 Å². The Morgan fingerprint density at radius 1 is 1.29 bits per heavy atom. The van der Waals surface area contributed by atoms with Gasteiger partial charge < -0.3 is 5.32 Å². The molecular weight excluding hydrogens is 174 g/mol. The van der Waals surface area contributed by atoms with Crippen LogP contribution in [0.1, 0.15) is 37.7 Å². The van der Waals surface area contributed by atoms with Crippen LogP contribution in [0, 0.1) is 0 Å². The van der Waals surface area contributed by atoms with Crippen molar-refractivity contribution in [3.8, 4) is 0 Å². The molecule has 1 aliphatic heterocycles. The summed E-state index contributed by atoms with van der Waals surface area (Å²) >= 11 is 0. The van der Waals surface area contributed by atoms with Crippen LogP contribution in [0.25, 0.3) is 0 Å².